The van der Waals surface area contributed by atoms with E-state index in [1.54, 1.807) is 21.3 Å². The number of rotatable bonds is 5. The lowest BCUT2D eigenvalue weighted by molar-refractivity contribution is 0.181. The van der Waals surface area contributed by atoms with E-state index in [9.17, 15) is 0 Å². The van der Waals surface area contributed by atoms with Crippen molar-refractivity contribution in [1.29, 1.82) is 0 Å². The fourth-order valence-corrected chi connectivity index (χ4v) is 2.71. The fourth-order valence-electron chi connectivity index (χ4n) is 2.71. The van der Waals surface area contributed by atoms with Crippen LogP contribution in [0.4, 0.5) is 0 Å². The van der Waals surface area contributed by atoms with E-state index in [2.05, 4.69) is 11.4 Å². The van der Waals surface area contributed by atoms with Crippen molar-refractivity contribution in [2.75, 3.05) is 34.4 Å². The summed E-state index contributed by atoms with van der Waals surface area (Å²) in [6.45, 7) is 2.70. The molecule has 1 heterocycles. The Bertz CT molecular complexity index is 414. The summed E-state index contributed by atoms with van der Waals surface area (Å²) in [5.41, 5.74) is 2.36. The van der Waals surface area contributed by atoms with Crippen LogP contribution in [0.15, 0.2) is 12.1 Å². The van der Waals surface area contributed by atoms with Crippen molar-refractivity contribution in [1.82, 2.24) is 5.32 Å². The number of hydrogen-bond donors (Lipinski definition) is 1. The van der Waals surface area contributed by atoms with Crippen LogP contribution in [0.25, 0.3) is 0 Å². The third kappa shape index (κ3) is 3.19. The van der Waals surface area contributed by atoms with Crippen LogP contribution in [0.2, 0.25) is 0 Å². The fraction of sp³-hybridized carbons (Fsp3) is 0.600. The maximum absolute atomic E-state index is 5.53. The standard InChI is InChI=1S/C15H23NO3/c1-17-10-12-8-13(11-4-6-16-7-5-11)15(19-3)9-14(12)18-2/h8-9,11,16H,4-7,10H2,1-3H3. The Morgan fingerprint density at radius 2 is 1.74 bits per heavy atom. The second kappa shape index (κ2) is 6.78. The van der Waals surface area contributed by atoms with Gasteiger partial charge in [0, 0.05) is 18.7 Å². The number of ether oxygens (including phenoxy) is 3. The molecule has 0 saturated carbocycles. The van der Waals surface area contributed by atoms with E-state index >= 15 is 0 Å². The molecule has 0 unspecified atom stereocenters. The molecule has 1 saturated heterocycles. The predicted molar refractivity (Wildman–Crippen MR) is 75.1 cm³/mol. The van der Waals surface area contributed by atoms with Gasteiger partial charge in [-0.15, -0.1) is 0 Å². The van der Waals surface area contributed by atoms with E-state index in [-0.39, 0.29) is 0 Å². The van der Waals surface area contributed by atoms with Crippen molar-refractivity contribution in [3.05, 3.63) is 23.3 Å². The highest BCUT2D eigenvalue weighted by atomic mass is 16.5. The molecule has 1 aliphatic heterocycles. The molecule has 0 amide bonds. The number of nitrogens with one attached hydrogen (secondary N) is 1. The van der Waals surface area contributed by atoms with E-state index in [1.807, 2.05) is 6.07 Å². The molecule has 0 radical (unpaired) electrons. The number of benzene rings is 1. The Morgan fingerprint density at radius 3 is 2.32 bits per heavy atom. The first-order chi connectivity index (χ1) is 9.30. The van der Waals surface area contributed by atoms with Crippen LogP contribution in [0.1, 0.15) is 29.9 Å². The number of methoxy groups -OCH3 is 3. The lowest BCUT2D eigenvalue weighted by Gasteiger charge is -2.25. The van der Waals surface area contributed by atoms with E-state index in [0.29, 0.717) is 12.5 Å². The largest absolute Gasteiger partial charge is 0.496 e. The van der Waals surface area contributed by atoms with Gasteiger partial charge in [0.25, 0.3) is 0 Å². The highest BCUT2D eigenvalue weighted by Crippen LogP contribution is 2.37. The molecule has 1 aromatic rings. The minimum Gasteiger partial charge on any atom is -0.496 e. The first-order valence-corrected chi connectivity index (χ1v) is 6.74. The number of piperidine rings is 1. The molecule has 2 rings (SSSR count). The third-order valence-electron chi connectivity index (χ3n) is 3.71. The van der Waals surface area contributed by atoms with Crippen LogP contribution in [-0.2, 0) is 11.3 Å². The molecular weight excluding hydrogens is 242 g/mol. The van der Waals surface area contributed by atoms with E-state index in [4.69, 9.17) is 14.2 Å². The maximum Gasteiger partial charge on any atom is 0.128 e. The SMILES string of the molecule is COCc1cc(C2CCNCC2)c(OC)cc1OC. The van der Waals surface area contributed by atoms with Gasteiger partial charge in [-0.2, -0.15) is 0 Å². The molecule has 0 bridgehead atoms. The Hall–Kier alpha value is -1.26. The van der Waals surface area contributed by atoms with Crippen molar-refractivity contribution < 1.29 is 14.2 Å². The van der Waals surface area contributed by atoms with Crippen molar-refractivity contribution in [2.45, 2.75) is 25.4 Å². The van der Waals surface area contributed by atoms with Crippen molar-refractivity contribution >= 4 is 0 Å². The molecule has 1 fully saturated rings. The molecular formula is C15H23NO3. The first-order valence-electron chi connectivity index (χ1n) is 6.74. The van der Waals surface area contributed by atoms with Crippen LogP contribution in [0.3, 0.4) is 0 Å². The summed E-state index contributed by atoms with van der Waals surface area (Å²) in [7, 11) is 5.10. The molecule has 1 aromatic carbocycles. The minimum absolute atomic E-state index is 0.553. The molecule has 4 heteroatoms. The molecule has 0 atom stereocenters. The summed E-state index contributed by atoms with van der Waals surface area (Å²) in [5, 5.41) is 3.39. The number of hydrogen-bond acceptors (Lipinski definition) is 4. The maximum atomic E-state index is 5.53. The van der Waals surface area contributed by atoms with Gasteiger partial charge in [-0.05, 0) is 43.5 Å². The van der Waals surface area contributed by atoms with Crippen LogP contribution in [0.5, 0.6) is 11.5 Å². The predicted octanol–water partition coefficient (Wildman–Crippen LogP) is 2.32. The van der Waals surface area contributed by atoms with Gasteiger partial charge < -0.3 is 19.5 Å². The first kappa shape index (κ1) is 14.2. The van der Waals surface area contributed by atoms with Crippen molar-refractivity contribution in [3.8, 4) is 11.5 Å². The smallest absolute Gasteiger partial charge is 0.128 e. The van der Waals surface area contributed by atoms with Gasteiger partial charge in [-0.3, -0.25) is 0 Å². The van der Waals surface area contributed by atoms with Crippen molar-refractivity contribution in [3.63, 3.8) is 0 Å². The quantitative estimate of drug-likeness (QED) is 0.887. The lowest BCUT2D eigenvalue weighted by Crippen LogP contribution is -2.26. The van der Waals surface area contributed by atoms with Gasteiger partial charge in [0.1, 0.15) is 11.5 Å². The zero-order valence-corrected chi connectivity index (χ0v) is 12.0. The van der Waals surface area contributed by atoms with E-state index < -0.39 is 0 Å². The minimum atomic E-state index is 0.553. The Kier molecular flexibility index (Phi) is 5.05. The third-order valence-corrected chi connectivity index (χ3v) is 3.71. The van der Waals surface area contributed by atoms with Crippen molar-refractivity contribution in [2.24, 2.45) is 0 Å². The van der Waals surface area contributed by atoms with Crippen LogP contribution < -0.4 is 14.8 Å². The average molecular weight is 265 g/mol. The zero-order valence-electron chi connectivity index (χ0n) is 12.0. The highest BCUT2D eigenvalue weighted by Gasteiger charge is 2.21. The monoisotopic (exact) mass is 265 g/mol. The molecule has 0 spiro atoms. The molecule has 106 valence electrons. The van der Waals surface area contributed by atoms with Crippen LogP contribution in [0, 0.1) is 0 Å². The van der Waals surface area contributed by atoms with Gasteiger partial charge in [-0.25, -0.2) is 0 Å². The summed E-state index contributed by atoms with van der Waals surface area (Å²) < 4.78 is 16.2. The molecule has 4 nitrogen and oxygen atoms in total. The van der Waals surface area contributed by atoms with Gasteiger partial charge in [-0.1, -0.05) is 0 Å². The normalized spacial score (nSPS) is 16.4. The van der Waals surface area contributed by atoms with Gasteiger partial charge in [0.2, 0.25) is 0 Å². The van der Waals surface area contributed by atoms with E-state index in [0.717, 1.165) is 43.0 Å². The molecule has 1 N–H and O–H groups in total. The van der Waals surface area contributed by atoms with Crippen LogP contribution in [-0.4, -0.2) is 34.4 Å². The second-order valence-corrected chi connectivity index (χ2v) is 4.86. The Labute approximate surface area is 115 Å². The lowest BCUT2D eigenvalue weighted by atomic mass is 9.88. The Morgan fingerprint density at radius 1 is 1.05 bits per heavy atom. The molecule has 1 aliphatic rings. The van der Waals surface area contributed by atoms with Gasteiger partial charge >= 0.3 is 0 Å². The van der Waals surface area contributed by atoms with E-state index in [1.165, 1.54) is 5.56 Å². The average Bonchev–Trinajstić information content (AvgIpc) is 2.48. The molecule has 0 aliphatic carbocycles. The second-order valence-electron chi connectivity index (χ2n) is 4.86. The summed E-state index contributed by atoms with van der Waals surface area (Å²) in [4.78, 5) is 0. The summed E-state index contributed by atoms with van der Waals surface area (Å²) in [6, 6.07) is 4.16. The summed E-state index contributed by atoms with van der Waals surface area (Å²) in [6.07, 6.45) is 2.30. The summed E-state index contributed by atoms with van der Waals surface area (Å²) >= 11 is 0. The summed E-state index contributed by atoms with van der Waals surface area (Å²) in [5.74, 6) is 2.30. The molecule has 19 heavy (non-hydrogen) atoms. The van der Waals surface area contributed by atoms with Crippen LogP contribution >= 0.6 is 0 Å². The van der Waals surface area contributed by atoms with Gasteiger partial charge in [0.05, 0.1) is 20.8 Å². The zero-order chi connectivity index (χ0) is 13.7. The Balaban J connectivity index is 2.36. The molecule has 0 aromatic heterocycles. The topological polar surface area (TPSA) is 39.7 Å². The van der Waals surface area contributed by atoms with Gasteiger partial charge in [0.15, 0.2) is 0 Å². The highest BCUT2D eigenvalue weighted by molar-refractivity contribution is 5.48.